The van der Waals surface area contributed by atoms with Gasteiger partial charge in [-0.3, -0.25) is 4.79 Å². The highest BCUT2D eigenvalue weighted by Crippen LogP contribution is 2.47. The van der Waals surface area contributed by atoms with Crippen LogP contribution in [0.4, 0.5) is 0 Å². The zero-order valence-electron chi connectivity index (χ0n) is 10.6. The fourth-order valence-electron chi connectivity index (χ4n) is 2.10. The Morgan fingerprint density at radius 1 is 1.33 bits per heavy atom. The molecular formula is C12H10BrN3O3S2. The summed E-state index contributed by atoms with van der Waals surface area (Å²) in [7, 11) is -3.95. The van der Waals surface area contributed by atoms with Crippen LogP contribution in [0.25, 0.3) is 0 Å². The molecule has 1 amide bonds. The summed E-state index contributed by atoms with van der Waals surface area (Å²) >= 11 is 4.27. The van der Waals surface area contributed by atoms with Crippen molar-refractivity contribution in [3.8, 4) is 0 Å². The Morgan fingerprint density at radius 3 is 2.67 bits per heavy atom. The second-order valence-electron chi connectivity index (χ2n) is 4.68. The third-order valence-electron chi connectivity index (χ3n) is 3.24. The van der Waals surface area contributed by atoms with E-state index in [9.17, 15) is 13.2 Å². The molecule has 1 aliphatic carbocycles. The topological polar surface area (TPSA) is 89.0 Å². The van der Waals surface area contributed by atoms with Crippen LogP contribution in [0, 0.1) is 5.92 Å². The number of rotatable bonds is 4. The molecule has 1 aromatic carbocycles. The van der Waals surface area contributed by atoms with Crippen molar-refractivity contribution in [3.05, 3.63) is 39.8 Å². The monoisotopic (exact) mass is 387 g/mol. The number of benzene rings is 1. The molecular weight excluding hydrogens is 378 g/mol. The number of carbonyl (C=O) groups excluding carboxylic acids is 1. The van der Waals surface area contributed by atoms with Crippen molar-refractivity contribution in [1.82, 2.24) is 14.1 Å². The van der Waals surface area contributed by atoms with Crippen molar-refractivity contribution in [1.29, 1.82) is 0 Å². The number of nitrogens with zero attached hydrogens (tertiary/aromatic N) is 2. The molecule has 1 fully saturated rings. The van der Waals surface area contributed by atoms with Gasteiger partial charge in [0.2, 0.25) is 5.91 Å². The van der Waals surface area contributed by atoms with Crippen LogP contribution in [0.1, 0.15) is 17.9 Å². The summed E-state index contributed by atoms with van der Waals surface area (Å²) in [5.41, 5.74) is 2.34. The van der Waals surface area contributed by atoms with Crippen molar-refractivity contribution in [3.63, 3.8) is 0 Å². The van der Waals surface area contributed by atoms with Crippen LogP contribution in [0.15, 0.2) is 39.4 Å². The van der Waals surface area contributed by atoms with Gasteiger partial charge in [0, 0.05) is 10.4 Å². The molecule has 6 nitrogen and oxygen atoms in total. The average molecular weight is 388 g/mol. The predicted octanol–water partition coefficient (Wildman–Crippen LogP) is 1.91. The quantitative estimate of drug-likeness (QED) is 0.865. The highest BCUT2D eigenvalue weighted by atomic mass is 79.9. The van der Waals surface area contributed by atoms with Crippen molar-refractivity contribution >= 4 is 43.4 Å². The summed E-state index contributed by atoms with van der Waals surface area (Å²) in [5, 5.41) is -0.360. The maximum atomic E-state index is 12.0. The number of aromatic nitrogens is 2. The van der Waals surface area contributed by atoms with E-state index in [4.69, 9.17) is 0 Å². The molecule has 1 heterocycles. The van der Waals surface area contributed by atoms with Gasteiger partial charge < -0.3 is 0 Å². The third-order valence-corrected chi connectivity index (χ3v) is 5.51. The van der Waals surface area contributed by atoms with Crippen LogP contribution in [0.3, 0.4) is 0 Å². The lowest BCUT2D eigenvalue weighted by molar-refractivity contribution is -0.120. The molecule has 0 aliphatic heterocycles. The van der Waals surface area contributed by atoms with Crippen LogP contribution in [0.5, 0.6) is 0 Å². The van der Waals surface area contributed by atoms with Gasteiger partial charge in [0.05, 0.1) is 0 Å². The van der Waals surface area contributed by atoms with Gasteiger partial charge in [-0.05, 0) is 41.6 Å². The van der Waals surface area contributed by atoms with E-state index in [1.165, 1.54) is 5.51 Å². The first-order valence-electron chi connectivity index (χ1n) is 6.06. The van der Waals surface area contributed by atoms with Crippen molar-refractivity contribution in [2.24, 2.45) is 5.92 Å². The Morgan fingerprint density at radius 2 is 2.05 bits per heavy atom. The Hall–Kier alpha value is -1.32. The lowest BCUT2D eigenvalue weighted by Crippen LogP contribution is -2.32. The highest BCUT2D eigenvalue weighted by molar-refractivity contribution is 9.10. The van der Waals surface area contributed by atoms with Crippen molar-refractivity contribution in [2.75, 3.05) is 0 Å². The van der Waals surface area contributed by atoms with Crippen LogP contribution in [-0.4, -0.2) is 23.7 Å². The minimum atomic E-state index is -3.95. The van der Waals surface area contributed by atoms with Gasteiger partial charge >= 0.3 is 10.0 Å². The average Bonchev–Trinajstić information content (AvgIpc) is 3.03. The van der Waals surface area contributed by atoms with E-state index in [0.717, 1.165) is 21.6 Å². The zero-order chi connectivity index (χ0) is 15.0. The van der Waals surface area contributed by atoms with Crippen molar-refractivity contribution in [2.45, 2.75) is 17.5 Å². The summed E-state index contributed by atoms with van der Waals surface area (Å²) in [6.07, 6.45) is 0.646. The molecule has 2 atom stereocenters. The van der Waals surface area contributed by atoms with Crippen LogP contribution in [0.2, 0.25) is 0 Å². The number of hydrogen-bond acceptors (Lipinski definition) is 6. The Balaban J connectivity index is 1.67. The predicted molar refractivity (Wildman–Crippen MR) is 80.2 cm³/mol. The molecule has 1 aliphatic rings. The van der Waals surface area contributed by atoms with Gasteiger partial charge in [0.15, 0.2) is 0 Å². The van der Waals surface area contributed by atoms with Gasteiger partial charge in [-0.15, -0.1) is 0 Å². The standard InChI is InChI=1S/C12H10BrN3O3S2/c13-8-3-1-7(2-4-8)9-5-10(9)11(17)16-21(18,19)12-14-6-20-15-12/h1-4,6,9-10H,5H2,(H,16,17)/t9-,10+/m0/s1. The molecule has 1 saturated carbocycles. The van der Waals surface area contributed by atoms with E-state index in [0.29, 0.717) is 6.42 Å². The van der Waals surface area contributed by atoms with E-state index in [1.807, 2.05) is 29.0 Å². The normalized spacial score (nSPS) is 21.0. The van der Waals surface area contributed by atoms with E-state index < -0.39 is 15.9 Å². The van der Waals surface area contributed by atoms with Crippen LogP contribution in [-0.2, 0) is 14.8 Å². The molecule has 1 aromatic heterocycles. The number of hydrogen-bond donors (Lipinski definition) is 1. The molecule has 1 N–H and O–H groups in total. The molecule has 0 saturated heterocycles. The molecule has 2 aromatic rings. The zero-order valence-corrected chi connectivity index (χ0v) is 13.8. The summed E-state index contributed by atoms with van der Waals surface area (Å²) in [4.78, 5) is 15.6. The number of carbonyl (C=O) groups is 1. The fourth-order valence-corrected chi connectivity index (χ4v) is 3.98. The Bertz CT molecular complexity index is 760. The summed E-state index contributed by atoms with van der Waals surface area (Å²) in [5.74, 6) is -0.756. The summed E-state index contributed by atoms with van der Waals surface area (Å²) < 4.78 is 30.4. The second kappa shape index (κ2) is 5.47. The first kappa shape index (κ1) is 14.6. The minimum absolute atomic E-state index is 0.0664. The summed E-state index contributed by atoms with van der Waals surface area (Å²) in [6.45, 7) is 0. The van der Waals surface area contributed by atoms with Crippen LogP contribution >= 0.6 is 27.5 Å². The molecule has 0 bridgehead atoms. The molecule has 0 spiro atoms. The van der Waals surface area contributed by atoms with E-state index >= 15 is 0 Å². The van der Waals surface area contributed by atoms with Gasteiger partial charge in [-0.1, -0.05) is 28.1 Å². The number of nitrogens with one attached hydrogen (secondary N) is 1. The molecule has 21 heavy (non-hydrogen) atoms. The molecule has 0 unspecified atom stereocenters. The first-order valence-corrected chi connectivity index (χ1v) is 9.17. The minimum Gasteiger partial charge on any atom is -0.274 e. The van der Waals surface area contributed by atoms with E-state index in [2.05, 4.69) is 25.3 Å². The Kier molecular flexibility index (Phi) is 3.80. The third kappa shape index (κ3) is 3.14. The largest absolute Gasteiger partial charge is 0.300 e. The van der Waals surface area contributed by atoms with E-state index in [1.54, 1.807) is 0 Å². The van der Waals surface area contributed by atoms with Gasteiger partial charge in [0.1, 0.15) is 5.51 Å². The number of sulfonamides is 1. The van der Waals surface area contributed by atoms with Gasteiger partial charge in [-0.25, -0.2) is 9.71 Å². The maximum Gasteiger partial charge on any atom is 0.300 e. The lowest BCUT2D eigenvalue weighted by Gasteiger charge is -2.03. The molecule has 9 heteroatoms. The lowest BCUT2D eigenvalue weighted by atomic mass is 10.1. The molecule has 3 rings (SSSR count). The van der Waals surface area contributed by atoms with E-state index in [-0.39, 0.29) is 17.0 Å². The maximum absolute atomic E-state index is 12.0. The Labute approximate surface area is 134 Å². The number of halogens is 1. The SMILES string of the molecule is O=C(NS(=O)(=O)c1ncsn1)[C@@H]1C[C@H]1c1ccc(Br)cc1. The fraction of sp³-hybridized carbons (Fsp3) is 0.250. The molecule has 0 radical (unpaired) electrons. The second-order valence-corrected chi connectivity index (χ2v) is 7.78. The first-order chi connectivity index (χ1) is 9.97. The van der Waals surface area contributed by atoms with Gasteiger partial charge in [0.25, 0.3) is 5.16 Å². The van der Waals surface area contributed by atoms with Gasteiger partial charge in [-0.2, -0.15) is 12.8 Å². The highest BCUT2D eigenvalue weighted by Gasteiger charge is 2.45. The smallest absolute Gasteiger partial charge is 0.274 e. The molecule has 110 valence electrons. The van der Waals surface area contributed by atoms with Crippen molar-refractivity contribution < 1.29 is 13.2 Å². The number of amides is 1. The summed E-state index contributed by atoms with van der Waals surface area (Å²) in [6, 6.07) is 7.66. The van der Waals surface area contributed by atoms with Crippen LogP contribution < -0.4 is 4.72 Å².